The number of pyridine rings is 1. The van der Waals surface area contributed by atoms with E-state index in [1.165, 1.54) is 37.1 Å². The summed E-state index contributed by atoms with van der Waals surface area (Å²) in [6.45, 7) is 0. The van der Waals surface area contributed by atoms with Gasteiger partial charge >= 0.3 is 0 Å². The summed E-state index contributed by atoms with van der Waals surface area (Å²) in [5.74, 6) is 1.22. The van der Waals surface area contributed by atoms with Crippen LogP contribution in [0.4, 0.5) is 0 Å². The highest BCUT2D eigenvalue weighted by molar-refractivity contribution is 5.92. The summed E-state index contributed by atoms with van der Waals surface area (Å²) in [5, 5.41) is 8.53. The molecule has 0 unspecified atom stereocenters. The van der Waals surface area contributed by atoms with Crippen LogP contribution in [0, 0.1) is 0 Å². The molecule has 3 rings (SSSR count). The molecule has 2 aromatic rings. The lowest BCUT2D eigenvalue weighted by molar-refractivity contribution is 0.0706. The Labute approximate surface area is 122 Å². The van der Waals surface area contributed by atoms with E-state index in [9.17, 15) is 4.79 Å². The maximum atomic E-state index is 11.2. The summed E-state index contributed by atoms with van der Waals surface area (Å²) in [5.41, 5.74) is 3.19. The maximum absolute atomic E-state index is 11.2. The Morgan fingerprint density at radius 1 is 1.19 bits per heavy atom. The zero-order chi connectivity index (χ0) is 14.7. The van der Waals surface area contributed by atoms with Crippen molar-refractivity contribution in [2.24, 2.45) is 0 Å². The van der Waals surface area contributed by atoms with E-state index >= 15 is 0 Å². The molecule has 0 atom stereocenters. The van der Waals surface area contributed by atoms with Crippen molar-refractivity contribution in [3.63, 3.8) is 0 Å². The number of carbonyl (C=O) groups excluding carboxylic acids is 1. The second-order valence-corrected chi connectivity index (χ2v) is 5.12. The quantitative estimate of drug-likeness (QED) is 0.667. The minimum absolute atomic E-state index is 0.269. The van der Waals surface area contributed by atoms with E-state index in [1.807, 2.05) is 12.1 Å². The van der Waals surface area contributed by atoms with E-state index in [2.05, 4.69) is 17.1 Å². The minimum atomic E-state index is -0.598. The Morgan fingerprint density at radius 3 is 2.48 bits per heavy atom. The molecule has 108 valence electrons. The molecule has 0 bridgehead atoms. The van der Waals surface area contributed by atoms with Gasteiger partial charge in [-0.1, -0.05) is 18.6 Å². The highest BCUT2D eigenvalue weighted by Gasteiger charge is 2.19. The van der Waals surface area contributed by atoms with Crippen molar-refractivity contribution in [2.75, 3.05) is 0 Å². The molecular weight excluding hydrogens is 268 g/mol. The summed E-state index contributed by atoms with van der Waals surface area (Å²) < 4.78 is 5.63. The third kappa shape index (κ3) is 3.03. The van der Waals surface area contributed by atoms with Crippen LogP contribution in [0.25, 0.3) is 0 Å². The number of rotatable bonds is 4. The fourth-order valence-electron chi connectivity index (χ4n) is 2.31. The highest BCUT2D eigenvalue weighted by Crippen LogP contribution is 2.37. The Morgan fingerprint density at radius 2 is 1.95 bits per heavy atom. The molecule has 1 saturated carbocycles. The maximum Gasteiger partial charge on any atom is 0.276 e. The minimum Gasteiger partial charge on any atom is -0.439 e. The van der Waals surface area contributed by atoms with Crippen molar-refractivity contribution < 1.29 is 14.7 Å². The van der Waals surface area contributed by atoms with Crippen molar-refractivity contribution in [3.8, 4) is 11.6 Å². The SMILES string of the molecule is O=C(NO)c1ccc(Oc2ccc(C3CCC3)cc2)nc1. The van der Waals surface area contributed by atoms with Gasteiger partial charge < -0.3 is 4.74 Å². The van der Waals surface area contributed by atoms with Crippen molar-refractivity contribution in [1.82, 2.24) is 10.5 Å². The van der Waals surface area contributed by atoms with Crippen molar-refractivity contribution in [3.05, 3.63) is 53.7 Å². The molecule has 1 aliphatic rings. The molecule has 1 heterocycles. The summed E-state index contributed by atoms with van der Waals surface area (Å²) in [4.78, 5) is 15.2. The number of hydrogen-bond donors (Lipinski definition) is 2. The van der Waals surface area contributed by atoms with Crippen LogP contribution < -0.4 is 10.2 Å². The molecule has 5 heteroatoms. The molecule has 1 fully saturated rings. The van der Waals surface area contributed by atoms with Gasteiger partial charge in [0.1, 0.15) is 5.75 Å². The highest BCUT2D eigenvalue weighted by atomic mass is 16.5. The summed E-state index contributed by atoms with van der Waals surface area (Å²) in [6, 6.07) is 11.2. The van der Waals surface area contributed by atoms with Crippen molar-refractivity contribution in [1.29, 1.82) is 0 Å². The van der Waals surface area contributed by atoms with Gasteiger partial charge in [0.2, 0.25) is 5.88 Å². The molecule has 1 aromatic heterocycles. The fraction of sp³-hybridized carbons (Fsp3) is 0.250. The number of nitrogens with zero attached hydrogens (tertiary/aromatic N) is 1. The van der Waals surface area contributed by atoms with Gasteiger partial charge in [0, 0.05) is 12.3 Å². The normalized spacial score (nSPS) is 14.3. The molecular formula is C16H16N2O3. The Bertz CT molecular complexity index is 619. The largest absolute Gasteiger partial charge is 0.439 e. The van der Waals surface area contributed by atoms with Crippen molar-refractivity contribution in [2.45, 2.75) is 25.2 Å². The van der Waals surface area contributed by atoms with Gasteiger partial charge in [-0.15, -0.1) is 0 Å². The van der Waals surface area contributed by atoms with Crippen LogP contribution in [-0.2, 0) is 0 Å². The number of carbonyl (C=O) groups is 1. The number of amides is 1. The molecule has 0 aliphatic heterocycles. The van der Waals surface area contributed by atoms with Gasteiger partial charge in [-0.3, -0.25) is 10.0 Å². The van der Waals surface area contributed by atoms with Gasteiger partial charge in [-0.05, 0) is 42.5 Å². The first kappa shape index (κ1) is 13.6. The van der Waals surface area contributed by atoms with Gasteiger partial charge in [0.25, 0.3) is 5.91 Å². The van der Waals surface area contributed by atoms with Crippen LogP contribution in [0.15, 0.2) is 42.6 Å². The third-order valence-electron chi connectivity index (χ3n) is 3.78. The lowest BCUT2D eigenvalue weighted by Gasteiger charge is -2.25. The molecule has 0 spiro atoms. The molecule has 2 N–H and O–H groups in total. The number of ether oxygens (including phenoxy) is 1. The zero-order valence-corrected chi connectivity index (χ0v) is 11.5. The molecule has 5 nitrogen and oxygen atoms in total. The van der Waals surface area contributed by atoms with Gasteiger partial charge in [0.05, 0.1) is 5.56 Å². The molecule has 1 amide bonds. The van der Waals surface area contributed by atoms with Crippen LogP contribution in [-0.4, -0.2) is 16.1 Å². The van der Waals surface area contributed by atoms with Gasteiger partial charge in [0.15, 0.2) is 0 Å². The molecule has 21 heavy (non-hydrogen) atoms. The predicted molar refractivity (Wildman–Crippen MR) is 76.6 cm³/mol. The fourth-order valence-corrected chi connectivity index (χ4v) is 2.31. The average molecular weight is 284 g/mol. The van der Waals surface area contributed by atoms with Gasteiger partial charge in [-0.25, -0.2) is 10.5 Å². The topological polar surface area (TPSA) is 71.5 Å². The monoisotopic (exact) mass is 284 g/mol. The molecule has 0 radical (unpaired) electrons. The average Bonchev–Trinajstić information content (AvgIpc) is 2.47. The first-order valence-electron chi connectivity index (χ1n) is 6.94. The lowest BCUT2D eigenvalue weighted by atomic mass is 9.80. The molecule has 1 aliphatic carbocycles. The number of nitrogens with one attached hydrogen (secondary N) is 1. The number of aromatic nitrogens is 1. The first-order valence-corrected chi connectivity index (χ1v) is 6.94. The smallest absolute Gasteiger partial charge is 0.276 e. The second kappa shape index (κ2) is 5.93. The Balaban J connectivity index is 1.66. The predicted octanol–water partition coefficient (Wildman–Crippen LogP) is 3.26. The summed E-state index contributed by atoms with van der Waals surface area (Å²) in [7, 11) is 0. The van der Waals surface area contributed by atoms with Crippen LogP contribution >= 0.6 is 0 Å². The summed E-state index contributed by atoms with van der Waals surface area (Å²) in [6.07, 6.45) is 5.22. The zero-order valence-electron chi connectivity index (χ0n) is 11.5. The van der Waals surface area contributed by atoms with Crippen LogP contribution in [0.5, 0.6) is 11.6 Å². The van der Waals surface area contributed by atoms with E-state index in [4.69, 9.17) is 9.94 Å². The van der Waals surface area contributed by atoms with E-state index < -0.39 is 5.91 Å². The van der Waals surface area contributed by atoms with Gasteiger partial charge in [-0.2, -0.15) is 0 Å². The Kier molecular flexibility index (Phi) is 3.83. The van der Waals surface area contributed by atoms with E-state index in [1.54, 1.807) is 11.5 Å². The molecule has 1 aromatic carbocycles. The standard InChI is InChI=1S/C16H16N2O3/c19-16(18-20)13-6-9-15(17-10-13)21-14-7-4-12(5-8-14)11-2-1-3-11/h4-11,20H,1-3H2,(H,18,19). The number of hydrogen-bond acceptors (Lipinski definition) is 4. The van der Waals surface area contributed by atoms with Crippen LogP contribution in [0.3, 0.4) is 0 Å². The lowest BCUT2D eigenvalue weighted by Crippen LogP contribution is -2.18. The third-order valence-corrected chi connectivity index (χ3v) is 3.78. The van der Waals surface area contributed by atoms with E-state index in [0.29, 0.717) is 17.5 Å². The second-order valence-electron chi connectivity index (χ2n) is 5.12. The first-order chi connectivity index (χ1) is 10.3. The number of benzene rings is 1. The molecule has 0 saturated heterocycles. The van der Waals surface area contributed by atoms with Crippen molar-refractivity contribution >= 4 is 5.91 Å². The van der Waals surface area contributed by atoms with Crippen LogP contribution in [0.2, 0.25) is 0 Å². The van der Waals surface area contributed by atoms with Crippen LogP contribution in [0.1, 0.15) is 41.1 Å². The van der Waals surface area contributed by atoms with E-state index in [0.717, 1.165) is 0 Å². The number of hydroxylamine groups is 1. The summed E-state index contributed by atoms with van der Waals surface area (Å²) >= 11 is 0. The Hall–Kier alpha value is -2.40. The van der Waals surface area contributed by atoms with E-state index in [-0.39, 0.29) is 5.56 Å².